The van der Waals surface area contributed by atoms with Crippen LogP contribution in [-0.4, -0.2) is 50.5 Å². The van der Waals surface area contributed by atoms with Crippen molar-refractivity contribution in [1.82, 2.24) is 4.31 Å². The number of sulfonamides is 1. The van der Waals surface area contributed by atoms with Crippen molar-refractivity contribution in [2.45, 2.75) is 31.0 Å². The molecule has 0 aromatic heterocycles. The lowest BCUT2D eigenvalue weighted by atomic mass is 10.3. The normalized spacial score (nSPS) is 20.0. The molecular weight excluding hydrogens is 449 g/mol. The van der Waals surface area contributed by atoms with Crippen LogP contribution in [0.2, 0.25) is 10.0 Å². The van der Waals surface area contributed by atoms with Gasteiger partial charge in [-0.3, -0.25) is 4.79 Å². The molecule has 1 aliphatic heterocycles. The zero-order valence-corrected chi connectivity index (χ0v) is 18.9. The smallest absolute Gasteiger partial charge is 0.243 e. The average Bonchev–Trinajstić information content (AvgIpc) is 2.69. The molecule has 1 heterocycles. The summed E-state index contributed by atoms with van der Waals surface area (Å²) < 4.78 is 32.8. The molecule has 0 saturated carbocycles. The van der Waals surface area contributed by atoms with E-state index in [4.69, 9.17) is 27.9 Å². The molecule has 0 radical (unpaired) electrons. The van der Waals surface area contributed by atoms with Crippen LogP contribution in [0.3, 0.4) is 0 Å². The van der Waals surface area contributed by atoms with Crippen LogP contribution >= 0.6 is 23.2 Å². The van der Waals surface area contributed by atoms with Gasteiger partial charge in [-0.05, 0) is 56.3 Å². The summed E-state index contributed by atoms with van der Waals surface area (Å²) in [4.78, 5) is 12.3. The molecule has 162 valence electrons. The summed E-state index contributed by atoms with van der Waals surface area (Å²) in [7, 11) is -3.60. The minimum atomic E-state index is -3.60. The summed E-state index contributed by atoms with van der Waals surface area (Å²) in [6.45, 7) is 4.36. The van der Waals surface area contributed by atoms with Crippen molar-refractivity contribution in [3.05, 3.63) is 52.5 Å². The molecule has 1 aliphatic rings. The number of anilines is 2. The maximum Gasteiger partial charge on any atom is 0.243 e. The predicted molar refractivity (Wildman–Crippen MR) is 119 cm³/mol. The van der Waals surface area contributed by atoms with Gasteiger partial charge in [0, 0.05) is 24.5 Å². The first-order valence-electron chi connectivity index (χ1n) is 9.39. The molecule has 0 unspecified atom stereocenters. The number of ether oxygens (including phenoxy) is 1. The second-order valence-corrected chi connectivity index (χ2v) is 9.89. The van der Waals surface area contributed by atoms with Gasteiger partial charge in [0.15, 0.2) is 0 Å². The number of amides is 1. The number of nitrogens with zero attached hydrogens (tertiary/aromatic N) is 1. The molecule has 10 heteroatoms. The first kappa shape index (κ1) is 22.8. The molecule has 2 atom stereocenters. The molecule has 2 N–H and O–H groups in total. The van der Waals surface area contributed by atoms with E-state index in [-0.39, 0.29) is 29.6 Å². The van der Waals surface area contributed by atoms with Crippen LogP contribution in [-0.2, 0) is 19.6 Å². The van der Waals surface area contributed by atoms with Gasteiger partial charge in [0.25, 0.3) is 0 Å². The fraction of sp³-hybridized carbons (Fsp3) is 0.350. The number of rotatable bonds is 6. The van der Waals surface area contributed by atoms with Crippen LogP contribution in [0.5, 0.6) is 0 Å². The van der Waals surface area contributed by atoms with Gasteiger partial charge in [-0.15, -0.1) is 0 Å². The van der Waals surface area contributed by atoms with Crippen LogP contribution in [0.25, 0.3) is 0 Å². The Labute approximate surface area is 186 Å². The highest BCUT2D eigenvalue weighted by atomic mass is 35.5. The standard InChI is InChI=1S/C20H23Cl2N3O4S/c1-13-11-25(12-14(2)29-13)30(27,28)17-6-3-15(4-7-17)23-10-20(26)24-16-5-8-18(21)19(22)9-16/h3-9,13-14,23H,10-12H2,1-2H3,(H,24,26)/t13-,14-/m0/s1. The fourth-order valence-electron chi connectivity index (χ4n) is 3.18. The van der Waals surface area contributed by atoms with E-state index in [0.29, 0.717) is 34.5 Å². The summed E-state index contributed by atoms with van der Waals surface area (Å²) in [6.07, 6.45) is -0.308. The minimum absolute atomic E-state index is 0.00480. The van der Waals surface area contributed by atoms with Gasteiger partial charge in [-0.1, -0.05) is 23.2 Å². The largest absolute Gasteiger partial charge is 0.376 e. The zero-order valence-electron chi connectivity index (χ0n) is 16.6. The van der Waals surface area contributed by atoms with Crippen LogP contribution in [0.1, 0.15) is 13.8 Å². The average molecular weight is 472 g/mol. The van der Waals surface area contributed by atoms with E-state index in [1.807, 2.05) is 13.8 Å². The van der Waals surface area contributed by atoms with E-state index >= 15 is 0 Å². The molecule has 0 aliphatic carbocycles. The molecular formula is C20H23Cl2N3O4S. The summed E-state index contributed by atoms with van der Waals surface area (Å²) in [6, 6.07) is 11.1. The van der Waals surface area contributed by atoms with Gasteiger partial charge < -0.3 is 15.4 Å². The summed E-state index contributed by atoms with van der Waals surface area (Å²) in [5.74, 6) is -0.277. The Bertz CT molecular complexity index is 1010. The Morgan fingerprint density at radius 3 is 2.23 bits per heavy atom. The van der Waals surface area contributed by atoms with Crippen molar-refractivity contribution in [2.75, 3.05) is 30.3 Å². The fourth-order valence-corrected chi connectivity index (χ4v) is 5.07. The van der Waals surface area contributed by atoms with Gasteiger partial charge in [-0.25, -0.2) is 8.42 Å². The number of benzene rings is 2. The predicted octanol–water partition coefficient (Wildman–Crippen LogP) is 3.84. The van der Waals surface area contributed by atoms with Crippen molar-refractivity contribution in [1.29, 1.82) is 0 Å². The van der Waals surface area contributed by atoms with Crippen molar-refractivity contribution in [3.63, 3.8) is 0 Å². The van der Waals surface area contributed by atoms with Crippen LogP contribution in [0.4, 0.5) is 11.4 Å². The quantitative estimate of drug-likeness (QED) is 0.667. The number of hydrogen-bond acceptors (Lipinski definition) is 5. The number of morpholine rings is 1. The molecule has 1 fully saturated rings. The third kappa shape index (κ3) is 5.65. The molecule has 1 amide bonds. The van der Waals surface area contributed by atoms with Gasteiger partial charge in [0.1, 0.15) is 0 Å². The van der Waals surface area contributed by atoms with E-state index in [2.05, 4.69) is 10.6 Å². The molecule has 30 heavy (non-hydrogen) atoms. The maximum atomic E-state index is 12.9. The molecule has 7 nitrogen and oxygen atoms in total. The van der Waals surface area contributed by atoms with Gasteiger partial charge in [-0.2, -0.15) is 4.31 Å². The molecule has 3 rings (SSSR count). The Morgan fingerprint density at radius 2 is 1.63 bits per heavy atom. The zero-order chi connectivity index (χ0) is 21.9. The van der Waals surface area contributed by atoms with E-state index in [1.54, 1.807) is 30.3 Å². The number of hydrogen-bond donors (Lipinski definition) is 2. The minimum Gasteiger partial charge on any atom is -0.376 e. The first-order chi connectivity index (χ1) is 14.1. The second kappa shape index (κ2) is 9.53. The van der Waals surface area contributed by atoms with E-state index in [9.17, 15) is 13.2 Å². The van der Waals surface area contributed by atoms with Crippen LogP contribution in [0, 0.1) is 0 Å². The SMILES string of the molecule is C[C@H]1CN(S(=O)(=O)c2ccc(NCC(=O)Nc3ccc(Cl)c(Cl)c3)cc2)C[C@H](C)O1. The monoisotopic (exact) mass is 471 g/mol. The molecule has 2 aromatic carbocycles. The number of nitrogens with one attached hydrogen (secondary N) is 2. The van der Waals surface area contributed by atoms with Gasteiger partial charge in [0.2, 0.25) is 15.9 Å². The van der Waals surface area contributed by atoms with Crippen LogP contribution in [0.15, 0.2) is 47.4 Å². The summed E-state index contributed by atoms with van der Waals surface area (Å²) in [5, 5.41) is 6.43. The Morgan fingerprint density at radius 1 is 1.03 bits per heavy atom. The van der Waals surface area contributed by atoms with Gasteiger partial charge in [0.05, 0.1) is 33.7 Å². The molecule has 2 aromatic rings. The Hall–Kier alpha value is -1.84. The highest BCUT2D eigenvalue weighted by Crippen LogP contribution is 2.25. The number of halogens is 2. The lowest BCUT2D eigenvalue weighted by Crippen LogP contribution is -2.48. The van der Waals surface area contributed by atoms with Crippen molar-refractivity contribution in [2.24, 2.45) is 0 Å². The Balaban J connectivity index is 1.58. The maximum absolute atomic E-state index is 12.9. The van der Waals surface area contributed by atoms with Gasteiger partial charge >= 0.3 is 0 Å². The van der Waals surface area contributed by atoms with Crippen molar-refractivity contribution in [3.8, 4) is 0 Å². The number of carbonyl (C=O) groups is 1. The number of carbonyl (C=O) groups excluding carboxylic acids is 1. The van der Waals surface area contributed by atoms with E-state index < -0.39 is 10.0 Å². The van der Waals surface area contributed by atoms with Crippen molar-refractivity contribution < 1.29 is 17.9 Å². The second-order valence-electron chi connectivity index (χ2n) is 7.13. The Kier molecular flexibility index (Phi) is 7.26. The molecule has 1 saturated heterocycles. The highest BCUT2D eigenvalue weighted by molar-refractivity contribution is 7.89. The third-order valence-electron chi connectivity index (χ3n) is 4.53. The first-order valence-corrected chi connectivity index (χ1v) is 11.6. The topological polar surface area (TPSA) is 87.7 Å². The third-order valence-corrected chi connectivity index (χ3v) is 7.12. The summed E-state index contributed by atoms with van der Waals surface area (Å²) >= 11 is 11.8. The van der Waals surface area contributed by atoms with E-state index in [0.717, 1.165) is 0 Å². The van der Waals surface area contributed by atoms with Crippen LogP contribution < -0.4 is 10.6 Å². The van der Waals surface area contributed by atoms with Crippen molar-refractivity contribution >= 4 is 50.5 Å². The summed E-state index contributed by atoms with van der Waals surface area (Å²) in [5.41, 5.74) is 1.16. The lowest BCUT2D eigenvalue weighted by molar-refractivity contribution is -0.114. The molecule has 0 bridgehead atoms. The molecule has 0 spiro atoms. The highest BCUT2D eigenvalue weighted by Gasteiger charge is 2.32. The van der Waals surface area contributed by atoms with E-state index in [1.165, 1.54) is 16.4 Å². The lowest BCUT2D eigenvalue weighted by Gasteiger charge is -2.34.